The van der Waals surface area contributed by atoms with Crippen LogP contribution in [0.1, 0.15) is 24.7 Å². The Kier molecular flexibility index (Phi) is 3.25. The molecule has 1 aromatic heterocycles. The molecule has 0 atom stereocenters. The van der Waals surface area contributed by atoms with Crippen molar-refractivity contribution < 1.29 is 17.9 Å². The fourth-order valence-corrected chi connectivity index (χ4v) is 2.40. The number of ether oxygens (including phenoxy) is 1. The molecule has 1 aliphatic heterocycles. The van der Waals surface area contributed by atoms with E-state index in [1.54, 1.807) is 0 Å². The van der Waals surface area contributed by atoms with Crippen molar-refractivity contribution in [2.45, 2.75) is 25.1 Å². The third kappa shape index (κ3) is 2.24. The summed E-state index contributed by atoms with van der Waals surface area (Å²) in [4.78, 5) is 3.41. The first kappa shape index (κ1) is 11.9. The van der Waals surface area contributed by atoms with Gasteiger partial charge < -0.3 is 9.30 Å². The number of hydrogen-bond donors (Lipinski definition) is 0. The lowest BCUT2D eigenvalue weighted by atomic mass is 10.1. The Bertz CT molecular complexity index is 371. The second-order valence-electron chi connectivity index (χ2n) is 3.62. The number of alkyl halides is 3. The first-order chi connectivity index (χ1) is 7.50. The van der Waals surface area contributed by atoms with Crippen LogP contribution in [0.3, 0.4) is 0 Å². The van der Waals surface area contributed by atoms with Gasteiger partial charge in [-0.05, 0) is 28.8 Å². The number of hydrogen-bond acceptors (Lipinski definition) is 2. The second-order valence-corrected chi connectivity index (χ2v) is 4.43. The van der Waals surface area contributed by atoms with Crippen LogP contribution < -0.4 is 0 Å². The van der Waals surface area contributed by atoms with Crippen LogP contribution in [-0.4, -0.2) is 22.8 Å². The fourth-order valence-electron chi connectivity index (χ4n) is 1.84. The molecule has 90 valence electrons. The molecule has 0 spiro atoms. The number of halogens is 4. The zero-order chi connectivity index (χ0) is 11.8. The highest BCUT2D eigenvalue weighted by Crippen LogP contribution is 2.35. The van der Waals surface area contributed by atoms with Gasteiger partial charge in [-0.3, -0.25) is 0 Å². The van der Waals surface area contributed by atoms with Crippen molar-refractivity contribution in [3.63, 3.8) is 0 Å². The molecular weight excluding hydrogens is 289 g/mol. The summed E-state index contributed by atoms with van der Waals surface area (Å²) < 4.78 is 44.8. The maximum absolute atomic E-state index is 12.7. The standard InChI is InChI=1S/C9H10BrF3N2O/c10-7-5-14-8(9(11,12)13)15(7)6-1-3-16-4-2-6/h5-6H,1-4H2. The predicted octanol–water partition coefficient (Wildman–Crippen LogP) is 3.02. The third-order valence-corrected chi connectivity index (χ3v) is 3.15. The molecule has 1 saturated heterocycles. The van der Waals surface area contributed by atoms with Gasteiger partial charge in [0.1, 0.15) is 4.60 Å². The average molecular weight is 299 g/mol. The monoisotopic (exact) mass is 298 g/mol. The molecule has 2 rings (SSSR count). The minimum atomic E-state index is -4.41. The zero-order valence-electron chi connectivity index (χ0n) is 8.30. The molecule has 0 aliphatic carbocycles. The lowest BCUT2D eigenvalue weighted by molar-refractivity contribution is -0.148. The van der Waals surface area contributed by atoms with E-state index >= 15 is 0 Å². The van der Waals surface area contributed by atoms with Gasteiger partial charge >= 0.3 is 6.18 Å². The molecule has 1 aromatic rings. The van der Waals surface area contributed by atoms with Crippen LogP contribution in [0.2, 0.25) is 0 Å². The SMILES string of the molecule is FC(F)(F)c1ncc(Br)n1C1CCOCC1. The van der Waals surface area contributed by atoms with Crippen molar-refractivity contribution in [2.75, 3.05) is 13.2 Å². The largest absolute Gasteiger partial charge is 0.449 e. The molecule has 0 saturated carbocycles. The Balaban J connectivity index is 2.34. The van der Waals surface area contributed by atoms with Gasteiger partial charge in [-0.2, -0.15) is 13.2 Å². The Hall–Kier alpha value is -0.560. The van der Waals surface area contributed by atoms with E-state index in [-0.39, 0.29) is 6.04 Å². The van der Waals surface area contributed by atoms with Gasteiger partial charge in [-0.25, -0.2) is 4.98 Å². The Morgan fingerprint density at radius 3 is 2.56 bits per heavy atom. The van der Waals surface area contributed by atoms with Crippen molar-refractivity contribution >= 4 is 15.9 Å². The fraction of sp³-hybridized carbons (Fsp3) is 0.667. The molecule has 0 aromatic carbocycles. The van der Waals surface area contributed by atoms with Crippen LogP contribution >= 0.6 is 15.9 Å². The first-order valence-electron chi connectivity index (χ1n) is 4.88. The number of aromatic nitrogens is 2. The summed E-state index contributed by atoms with van der Waals surface area (Å²) in [6.07, 6.45) is -2.06. The average Bonchev–Trinajstić information content (AvgIpc) is 2.61. The first-order valence-corrected chi connectivity index (χ1v) is 5.67. The van der Waals surface area contributed by atoms with Crippen molar-refractivity contribution in [2.24, 2.45) is 0 Å². The second kappa shape index (κ2) is 4.37. The maximum Gasteiger partial charge on any atom is 0.449 e. The highest BCUT2D eigenvalue weighted by molar-refractivity contribution is 9.10. The number of nitrogens with zero attached hydrogens (tertiary/aromatic N) is 2. The molecule has 0 amide bonds. The lowest BCUT2D eigenvalue weighted by Gasteiger charge is -2.26. The number of imidazole rings is 1. The van der Waals surface area contributed by atoms with E-state index in [0.29, 0.717) is 30.7 Å². The molecule has 16 heavy (non-hydrogen) atoms. The summed E-state index contributed by atoms with van der Waals surface area (Å²) in [5.41, 5.74) is 0. The molecule has 0 N–H and O–H groups in total. The zero-order valence-corrected chi connectivity index (χ0v) is 9.88. The van der Waals surface area contributed by atoms with Crippen LogP contribution in [0.5, 0.6) is 0 Å². The molecular formula is C9H10BrF3N2O. The van der Waals surface area contributed by atoms with Gasteiger partial charge in [-0.1, -0.05) is 0 Å². The normalized spacial score (nSPS) is 19.0. The Morgan fingerprint density at radius 2 is 2.00 bits per heavy atom. The molecule has 7 heteroatoms. The van der Waals surface area contributed by atoms with Gasteiger partial charge in [0.25, 0.3) is 0 Å². The van der Waals surface area contributed by atoms with Crippen LogP contribution in [-0.2, 0) is 10.9 Å². The van der Waals surface area contributed by atoms with Crippen molar-refractivity contribution in [3.8, 4) is 0 Å². The molecule has 0 radical (unpaired) electrons. The topological polar surface area (TPSA) is 27.1 Å². The third-order valence-electron chi connectivity index (χ3n) is 2.56. The minimum absolute atomic E-state index is 0.192. The van der Waals surface area contributed by atoms with Crippen LogP contribution in [0.4, 0.5) is 13.2 Å². The predicted molar refractivity (Wildman–Crippen MR) is 54.0 cm³/mol. The molecule has 1 fully saturated rings. The van der Waals surface area contributed by atoms with E-state index in [1.807, 2.05) is 0 Å². The minimum Gasteiger partial charge on any atom is -0.381 e. The van der Waals surface area contributed by atoms with Crippen LogP contribution in [0, 0.1) is 0 Å². The summed E-state index contributed by atoms with van der Waals surface area (Å²) >= 11 is 3.10. The van der Waals surface area contributed by atoms with Gasteiger partial charge in [0.2, 0.25) is 5.82 Å². The van der Waals surface area contributed by atoms with E-state index in [2.05, 4.69) is 20.9 Å². The van der Waals surface area contributed by atoms with Gasteiger partial charge in [-0.15, -0.1) is 0 Å². The van der Waals surface area contributed by atoms with E-state index in [1.165, 1.54) is 10.8 Å². The molecule has 3 nitrogen and oxygen atoms in total. The molecule has 0 bridgehead atoms. The highest BCUT2D eigenvalue weighted by atomic mass is 79.9. The summed E-state index contributed by atoms with van der Waals surface area (Å²) in [7, 11) is 0. The van der Waals surface area contributed by atoms with E-state index < -0.39 is 12.0 Å². The van der Waals surface area contributed by atoms with Crippen molar-refractivity contribution in [1.82, 2.24) is 9.55 Å². The van der Waals surface area contributed by atoms with Gasteiger partial charge in [0, 0.05) is 19.3 Å². The summed E-state index contributed by atoms with van der Waals surface area (Å²) in [6, 6.07) is -0.192. The summed E-state index contributed by atoms with van der Waals surface area (Å²) in [5, 5.41) is 0. The Labute approximate surface area is 98.7 Å². The van der Waals surface area contributed by atoms with Gasteiger partial charge in [0.05, 0.1) is 6.20 Å². The molecule has 1 aliphatic rings. The lowest BCUT2D eigenvalue weighted by Crippen LogP contribution is -2.24. The van der Waals surface area contributed by atoms with Gasteiger partial charge in [0.15, 0.2) is 0 Å². The maximum atomic E-state index is 12.7. The van der Waals surface area contributed by atoms with Crippen molar-refractivity contribution in [1.29, 1.82) is 0 Å². The van der Waals surface area contributed by atoms with Crippen molar-refractivity contribution in [3.05, 3.63) is 16.6 Å². The van der Waals surface area contributed by atoms with Crippen LogP contribution in [0.25, 0.3) is 0 Å². The Morgan fingerprint density at radius 1 is 1.38 bits per heavy atom. The van der Waals surface area contributed by atoms with E-state index in [4.69, 9.17) is 4.74 Å². The summed E-state index contributed by atoms with van der Waals surface area (Å²) in [6.45, 7) is 0.985. The van der Waals surface area contributed by atoms with E-state index in [9.17, 15) is 13.2 Å². The van der Waals surface area contributed by atoms with Crippen LogP contribution in [0.15, 0.2) is 10.8 Å². The van der Waals surface area contributed by atoms with E-state index in [0.717, 1.165) is 0 Å². The number of rotatable bonds is 1. The highest BCUT2D eigenvalue weighted by Gasteiger charge is 2.39. The molecule has 2 heterocycles. The smallest absolute Gasteiger partial charge is 0.381 e. The summed E-state index contributed by atoms with van der Waals surface area (Å²) in [5.74, 6) is -0.841. The molecule has 0 unspecified atom stereocenters. The quantitative estimate of drug-likeness (QED) is 0.797.